The van der Waals surface area contributed by atoms with Gasteiger partial charge in [-0.2, -0.15) is 0 Å². The lowest BCUT2D eigenvalue weighted by molar-refractivity contribution is -0.167. The van der Waals surface area contributed by atoms with Gasteiger partial charge in [-0.05, 0) is 32.2 Å². The number of Topliss-reactive ketones (excluding diaryl/α,β-unsaturated/α-hetero) is 1. The van der Waals surface area contributed by atoms with Crippen LogP contribution in [-0.4, -0.2) is 83.2 Å². The molecule has 0 aromatic rings. The monoisotopic (exact) mass is 652 g/mol. The van der Waals surface area contributed by atoms with Gasteiger partial charge in [0.15, 0.2) is 5.78 Å². The topological polar surface area (TPSA) is 177 Å². The molecule has 0 spiro atoms. The lowest BCUT2D eigenvalue weighted by atomic mass is 9.89. The van der Waals surface area contributed by atoms with Crippen molar-refractivity contribution in [2.45, 2.75) is 91.1 Å². The number of alkyl halides is 1. The molecule has 38 heavy (non-hydrogen) atoms. The number of carbonyl (C=O) groups is 4. The standard InChI is InChI=1S/C22H41BrO9Si2.2CH4.2H2O/c1-16(10-17(2)20(26)30-12-18(24)13-33(6,7)8)11-22(3,23)21(27)32-15-31-19(25)14-34(9,28-4)29-5;;;;/h16-17H,10-15H2,1-9H3;2*1H4;2*1H2. The number of ether oxygens (including phenoxy) is 3. The summed E-state index contributed by atoms with van der Waals surface area (Å²) in [5.41, 5.74) is 0. The number of ketones is 1. The predicted octanol–water partition coefficient (Wildman–Crippen LogP) is 3.67. The van der Waals surface area contributed by atoms with E-state index in [9.17, 15) is 19.2 Å². The summed E-state index contributed by atoms with van der Waals surface area (Å²) in [6.07, 6.45) is 0.853. The van der Waals surface area contributed by atoms with E-state index in [-0.39, 0.29) is 50.2 Å². The molecule has 0 aliphatic carbocycles. The maximum Gasteiger partial charge on any atom is 0.345 e. The fourth-order valence-corrected chi connectivity index (χ4v) is 6.33. The molecule has 0 aromatic heterocycles. The van der Waals surface area contributed by atoms with E-state index in [2.05, 4.69) is 35.6 Å². The van der Waals surface area contributed by atoms with Crippen LogP contribution < -0.4 is 0 Å². The van der Waals surface area contributed by atoms with Crippen LogP contribution in [0.25, 0.3) is 0 Å². The Morgan fingerprint density at radius 1 is 0.868 bits per heavy atom. The van der Waals surface area contributed by atoms with E-state index in [0.717, 1.165) is 0 Å². The van der Waals surface area contributed by atoms with Crippen LogP contribution in [-0.2, 0) is 42.2 Å². The van der Waals surface area contributed by atoms with Crippen LogP contribution in [0.15, 0.2) is 0 Å². The summed E-state index contributed by atoms with van der Waals surface area (Å²) in [7, 11) is -1.23. The predicted molar refractivity (Wildman–Crippen MR) is 157 cm³/mol. The van der Waals surface area contributed by atoms with Gasteiger partial charge in [-0.15, -0.1) is 0 Å². The molecule has 0 rings (SSSR count). The van der Waals surface area contributed by atoms with E-state index in [1.807, 2.05) is 6.92 Å². The molecule has 0 fully saturated rings. The van der Waals surface area contributed by atoms with E-state index in [1.54, 1.807) is 20.4 Å². The van der Waals surface area contributed by atoms with Gasteiger partial charge in [0, 0.05) is 20.3 Å². The zero-order chi connectivity index (χ0) is 26.7. The first-order valence-electron chi connectivity index (χ1n) is 11.2. The third-order valence-corrected chi connectivity index (χ3v) is 9.92. The fourth-order valence-electron chi connectivity index (χ4n) is 3.30. The second-order valence-corrected chi connectivity index (χ2v) is 21.0. The third kappa shape index (κ3) is 19.8. The lowest BCUT2D eigenvalue weighted by Crippen LogP contribution is -2.39. The Bertz CT molecular complexity index is 708. The average molecular weight is 654 g/mol. The summed E-state index contributed by atoms with van der Waals surface area (Å²) in [5, 5.41) is 0. The van der Waals surface area contributed by atoms with Crippen molar-refractivity contribution >= 4 is 56.3 Å². The minimum absolute atomic E-state index is 0. The number of hydrogen-bond donors (Lipinski definition) is 0. The van der Waals surface area contributed by atoms with Crippen LogP contribution in [0.2, 0.25) is 38.3 Å². The number of carbonyl (C=O) groups excluding carboxylic acids is 4. The molecule has 0 aromatic carbocycles. The molecule has 0 amide bonds. The van der Waals surface area contributed by atoms with Crippen LogP contribution in [0.5, 0.6) is 0 Å². The third-order valence-electron chi connectivity index (χ3n) is 5.16. The minimum Gasteiger partial charge on any atom is -0.457 e. The largest absolute Gasteiger partial charge is 0.457 e. The van der Waals surface area contributed by atoms with Gasteiger partial charge in [-0.3, -0.25) is 19.2 Å². The van der Waals surface area contributed by atoms with Crippen molar-refractivity contribution in [1.29, 1.82) is 0 Å². The molecule has 3 unspecified atom stereocenters. The molecule has 0 radical (unpaired) electrons. The highest BCUT2D eigenvalue weighted by atomic mass is 79.9. The van der Waals surface area contributed by atoms with Gasteiger partial charge in [0.05, 0.1) is 20.0 Å². The molecule has 0 saturated heterocycles. The van der Waals surface area contributed by atoms with E-state index in [1.165, 1.54) is 14.2 Å². The van der Waals surface area contributed by atoms with Gasteiger partial charge in [-0.25, -0.2) is 0 Å². The Hall–Kier alpha value is -1.17. The molecular weight excluding hydrogens is 600 g/mol. The Kier molecular flexibility index (Phi) is 25.4. The summed E-state index contributed by atoms with van der Waals surface area (Å²) < 4.78 is 24.7. The van der Waals surface area contributed by atoms with E-state index >= 15 is 0 Å². The summed E-state index contributed by atoms with van der Waals surface area (Å²) >= 11 is 3.39. The van der Waals surface area contributed by atoms with Crippen LogP contribution in [0, 0.1) is 11.8 Å². The molecule has 0 aliphatic rings. The first kappa shape index (κ1) is 46.7. The highest BCUT2D eigenvalue weighted by molar-refractivity contribution is 9.10. The zero-order valence-electron chi connectivity index (χ0n) is 22.9. The molecular formula is C24H53BrO11Si2. The first-order chi connectivity index (χ1) is 15.4. The molecule has 230 valence electrons. The number of hydrogen-bond acceptors (Lipinski definition) is 9. The van der Waals surface area contributed by atoms with Crippen LogP contribution in [0.4, 0.5) is 0 Å². The van der Waals surface area contributed by atoms with Crippen molar-refractivity contribution < 1.29 is 53.2 Å². The van der Waals surface area contributed by atoms with E-state index in [0.29, 0.717) is 18.9 Å². The minimum atomic E-state index is -2.62. The molecule has 0 bridgehead atoms. The Morgan fingerprint density at radius 2 is 1.37 bits per heavy atom. The van der Waals surface area contributed by atoms with E-state index < -0.39 is 51.6 Å². The van der Waals surface area contributed by atoms with Crippen molar-refractivity contribution in [3.8, 4) is 0 Å². The Labute approximate surface area is 239 Å². The smallest absolute Gasteiger partial charge is 0.345 e. The van der Waals surface area contributed by atoms with Crippen molar-refractivity contribution in [1.82, 2.24) is 0 Å². The molecule has 11 nitrogen and oxygen atoms in total. The first-order valence-corrected chi connectivity index (χ1v) is 18.3. The molecule has 3 atom stereocenters. The van der Waals surface area contributed by atoms with Crippen molar-refractivity contribution in [3.05, 3.63) is 0 Å². The summed E-state index contributed by atoms with van der Waals surface area (Å²) in [4.78, 5) is 48.6. The SMILES string of the molecule is C.C.CO[Si](C)(CC(=O)OCOC(=O)C(C)(Br)CC(C)CC(C)C(=O)OCC(=O)C[Si](C)(C)C)OC.O.O. The van der Waals surface area contributed by atoms with Crippen molar-refractivity contribution in [2.75, 3.05) is 27.6 Å². The molecule has 0 heterocycles. The highest BCUT2D eigenvalue weighted by Crippen LogP contribution is 2.31. The second kappa shape index (κ2) is 20.7. The second-order valence-electron chi connectivity index (χ2n) is 10.3. The summed E-state index contributed by atoms with van der Waals surface area (Å²) in [5.74, 6) is -2.10. The van der Waals surface area contributed by atoms with Gasteiger partial charge >= 0.3 is 26.5 Å². The number of rotatable bonds is 16. The molecule has 0 saturated carbocycles. The fraction of sp³-hybridized carbons (Fsp3) is 0.833. The van der Waals surface area contributed by atoms with Crippen molar-refractivity contribution in [2.24, 2.45) is 11.8 Å². The van der Waals surface area contributed by atoms with Gasteiger partial charge in [-0.1, -0.05) is 64.3 Å². The Balaban J connectivity index is -0.000000907. The quantitative estimate of drug-likeness (QED) is 0.104. The lowest BCUT2D eigenvalue weighted by Gasteiger charge is -2.25. The van der Waals surface area contributed by atoms with Gasteiger partial charge in [0.25, 0.3) is 0 Å². The molecule has 4 N–H and O–H groups in total. The Morgan fingerprint density at radius 3 is 1.82 bits per heavy atom. The highest BCUT2D eigenvalue weighted by Gasteiger charge is 2.36. The summed E-state index contributed by atoms with van der Waals surface area (Å²) in [6.45, 7) is 12.6. The van der Waals surface area contributed by atoms with Gasteiger partial charge < -0.3 is 34.0 Å². The van der Waals surface area contributed by atoms with Crippen LogP contribution in [0.1, 0.15) is 48.5 Å². The van der Waals surface area contributed by atoms with Crippen LogP contribution >= 0.6 is 15.9 Å². The maximum atomic E-state index is 12.5. The maximum absolute atomic E-state index is 12.5. The summed E-state index contributed by atoms with van der Waals surface area (Å²) in [6, 6.07) is 0.447. The number of halogens is 1. The molecule has 0 aliphatic heterocycles. The number of esters is 3. The van der Waals surface area contributed by atoms with Gasteiger partial charge in [0.1, 0.15) is 10.9 Å². The van der Waals surface area contributed by atoms with Crippen molar-refractivity contribution in [3.63, 3.8) is 0 Å². The van der Waals surface area contributed by atoms with Gasteiger partial charge in [0.2, 0.25) is 6.79 Å². The zero-order valence-corrected chi connectivity index (χ0v) is 26.5. The van der Waals surface area contributed by atoms with E-state index in [4.69, 9.17) is 23.1 Å². The average Bonchev–Trinajstić information content (AvgIpc) is 2.69. The molecule has 14 heteroatoms. The normalized spacial score (nSPS) is 13.9. The van der Waals surface area contributed by atoms with Crippen LogP contribution in [0.3, 0.4) is 0 Å².